The average molecular weight is 349 g/mol. The van der Waals surface area contributed by atoms with Crippen molar-refractivity contribution in [3.63, 3.8) is 0 Å². The molecule has 0 amide bonds. The van der Waals surface area contributed by atoms with Crippen LogP contribution in [0, 0.1) is 0 Å². The van der Waals surface area contributed by atoms with E-state index < -0.39 is 18.4 Å². The number of fused-ring (bicyclic) bond motifs is 1. The van der Waals surface area contributed by atoms with Crippen molar-refractivity contribution in [3.8, 4) is 0 Å². The first-order valence-corrected chi connectivity index (χ1v) is 14.6. The Bertz CT molecular complexity index is 423. The maximum absolute atomic E-state index is 2.77. The van der Waals surface area contributed by atoms with Crippen LogP contribution in [0.4, 0.5) is 0 Å². The molecule has 0 aromatic heterocycles. The Hall–Kier alpha value is -0.241. The Kier molecular flexibility index (Phi) is 4.94. The SMILES string of the molecule is CCC[CH2][Sn]1([CH2]CCC)[CH]=C(C)c2cccc[c]21. The summed E-state index contributed by atoms with van der Waals surface area (Å²) in [5.74, 6) is 0. The summed E-state index contributed by atoms with van der Waals surface area (Å²) in [5.41, 5.74) is 3.16. The van der Waals surface area contributed by atoms with Crippen LogP contribution in [0.25, 0.3) is 5.57 Å². The van der Waals surface area contributed by atoms with Gasteiger partial charge in [0, 0.05) is 0 Å². The van der Waals surface area contributed by atoms with Crippen molar-refractivity contribution in [2.24, 2.45) is 0 Å². The van der Waals surface area contributed by atoms with Gasteiger partial charge in [0.2, 0.25) is 0 Å². The molecule has 18 heavy (non-hydrogen) atoms. The van der Waals surface area contributed by atoms with E-state index in [9.17, 15) is 0 Å². The van der Waals surface area contributed by atoms with E-state index in [2.05, 4.69) is 49.1 Å². The zero-order valence-electron chi connectivity index (χ0n) is 12.1. The average Bonchev–Trinajstić information content (AvgIpc) is 2.69. The maximum atomic E-state index is 2.77. The summed E-state index contributed by atoms with van der Waals surface area (Å²) in [6.45, 7) is 6.99. The summed E-state index contributed by atoms with van der Waals surface area (Å²) in [4.78, 5) is 0. The summed E-state index contributed by atoms with van der Waals surface area (Å²) < 4.78 is 7.62. The monoisotopic (exact) mass is 350 g/mol. The first-order chi connectivity index (χ1) is 8.73. The molecule has 98 valence electrons. The summed E-state index contributed by atoms with van der Waals surface area (Å²) in [6, 6.07) is 9.26. The van der Waals surface area contributed by atoms with Crippen molar-refractivity contribution in [1.29, 1.82) is 0 Å². The van der Waals surface area contributed by atoms with Crippen LogP contribution in [0.1, 0.15) is 52.0 Å². The van der Waals surface area contributed by atoms with E-state index in [1.165, 1.54) is 34.6 Å². The van der Waals surface area contributed by atoms with Crippen LogP contribution in [0.3, 0.4) is 0 Å². The number of benzene rings is 1. The minimum absolute atomic E-state index is 1.35. The molecule has 0 radical (unpaired) electrons. The second-order valence-electron chi connectivity index (χ2n) is 5.74. The van der Waals surface area contributed by atoms with Crippen LogP contribution in [-0.2, 0) is 0 Å². The van der Waals surface area contributed by atoms with Gasteiger partial charge in [-0.15, -0.1) is 0 Å². The number of hydrogen-bond acceptors (Lipinski definition) is 0. The number of unbranched alkanes of at least 4 members (excludes halogenated alkanes) is 2. The molecule has 0 N–H and O–H groups in total. The van der Waals surface area contributed by atoms with Crippen LogP contribution in [0.15, 0.2) is 28.4 Å². The fraction of sp³-hybridized carbons (Fsp3) is 0.529. The predicted octanol–water partition coefficient (Wildman–Crippen LogP) is 4.90. The standard InChI is InChI=1S/C9H8.2C4H9.Sn/c1-8(2)9-6-4-3-5-7-9;2*1-3-4-2;/h1,3-6H,2H3;2*1,3-4H2,2H3;. The van der Waals surface area contributed by atoms with Gasteiger partial charge < -0.3 is 0 Å². The molecule has 1 aromatic rings. The normalized spacial score (nSPS) is 16.5. The van der Waals surface area contributed by atoms with Crippen molar-refractivity contribution in [1.82, 2.24) is 0 Å². The van der Waals surface area contributed by atoms with Crippen LogP contribution in [0.2, 0.25) is 8.87 Å². The van der Waals surface area contributed by atoms with Crippen LogP contribution in [0.5, 0.6) is 0 Å². The molecule has 0 saturated heterocycles. The molecule has 1 aliphatic heterocycles. The first kappa shape index (κ1) is 14.2. The molecule has 1 aromatic carbocycles. The fourth-order valence-corrected chi connectivity index (χ4v) is 18.9. The number of hydrogen-bond donors (Lipinski definition) is 0. The molecule has 2 rings (SSSR count). The Labute approximate surface area is 116 Å². The zero-order valence-corrected chi connectivity index (χ0v) is 15.0. The zero-order chi connectivity index (χ0) is 13.0. The van der Waals surface area contributed by atoms with Crippen LogP contribution >= 0.6 is 0 Å². The Morgan fingerprint density at radius 2 is 1.56 bits per heavy atom. The molecule has 0 unspecified atom stereocenters. The molecular formula is C17H26Sn. The summed E-state index contributed by atoms with van der Waals surface area (Å²) in [7, 11) is 0. The number of allylic oxidation sites excluding steroid dienone is 1. The topological polar surface area (TPSA) is 0 Å². The van der Waals surface area contributed by atoms with E-state index in [4.69, 9.17) is 0 Å². The Morgan fingerprint density at radius 1 is 0.944 bits per heavy atom. The molecule has 0 bridgehead atoms. The fourth-order valence-electron chi connectivity index (χ4n) is 3.35. The van der Waals surface area contributed by atoms with Crippen molar-refractivity contribution in [3.05, 3.63) is 33.9 Å². The molecule has 0 aliphatic carbocycles. The molecular weight excluding hydrogens is 323 g/mol. The van der Waals surface area contributed by atoms with Gasteiger partial charge >= 0.3 is 117 Å². The third-order valence-corrected chi connectivity index (χ3v) is 18.6. The molecule has 0 saturated carbocycles. The number of rotatable bonds is 6. The molecule has 0 nitrogen and oxygen atoms in total. The van der Waals surface area contributed by atoms with Gasteiger partial charge in [-0.2, -0.15) is 0 Å². The second kappa shape index (κ2) is 6.27. The Balaban J connectivity index is 2.35. The van der Waals surface area contributed by atoms with Gasteiger partial charge in [-0.25, -0.2) is 0 Å². The molecule has 1 heterocycles. The van der Waals surface area contributed by atoms with E-state index >= 15 is 0 Å². The third kappa shape index (κ3) is 2.68. The van der Waals surface area contributed by atoms with Gasteiger partial charge in [-0.1, -0.05) is 0 Å². The first-order valence-electron chi connectivity index (χ1n) is 7.53. The minimum atomic E-state index is -2.17. The van der Waals surface area contributed by atoms with Crippen LogP contribution in [-0.4, -0.2) is 18.4 Å². The van der Waals surface area contributed by atoms with Crippen molar-refractivity contribution >= 4 is 27.5 Å². The predicted molar refractivity (Wildman–Crippen MR) is 84.9 cm³/mol. The van der Waals surface area contributed by atoms with E-state index in [0.29, 0.717) is 0 Å². The van der Waals surface area contributed by atoms with Crippen LogP contribution < -0.4 is 3.58 Å². The van der Waals surface area contributed by atoms with E-state index in [1.807, 2.05) is 0 Å². The van der Waals surface area contributed by atoms with Gasteiger partial charge in [0.1, 0.15) is 0 Å². The quantitative estimate of drug-likeness (QED) is 0.641. The summed E-state index contributed by atoms with van der Waals surface area (Å²) in [6.07, 6.45) is 5.55. The molecule has 0 fully saturated rings. The molecule has 0 atom stereocenters. The van der Waals surface area contributed by atoms with Crippen molar-refractivity contribution in [2.75, 3.05) is 0 Å². The van der Waals surface area contributed by atoms with Gasteiger partial charge in [0.05, 0.1) is 0 Å². The third-order valence-electron chi connectivity index (χ3n) is 4.33. The Morgan fingerprint density at radius 3 is 2.17 bits per heavy atom. The van der Waals surface area contributed by atoms with Gasteiger partial charge in [0.25, 0.3) is 0 Å². The van der Waals surface area contributed by atoms with E-state index in [-0.39, 0.29) is 0 Å². The van der Waals surface area contributed by atoms with Gasteiger partial charge in [0.15, 0.2) is 0 Å². The summed E-state index contributed by atoms with van der Waals surface area (Å²) >= 11 is -2.17. The summed E-state index contributed by atoms with van der Waals surface area (Å²) in [5, 5.41) is 0. The van der Waals surface area contributed by atoms with Crippen molar-refractivity contribution < 1.29 is 0 Å². The van der Waals surface area contributed by atoms with E-state index in [0.717, 1.165) is 0 Å². The van der Waals surface area contributed by atoms with Gasteiger partial charge in [-0.05, 0) is 0 Å². The molecule has 1 aliphatic rings. The van der Waals surface area contributed by atoms with E-state index in [1.54, 1.807) is 14.7 Å². The molecule has 0 spiro atoms. The second-order valence-corrected chi connectivity index (χ2v) is 17.6. The van der Waals surface area contributed by atoms with Gasteiger partial charge in [-0.3, -0.25) is 0 Å². The molecule has 1 heteroatoms. The van der Waals surface area contributed by atoms with Crippen molar-refractivity contribution in [2.45, 2.75) is 55.3 Å².